The molecule has 9 nitrogen and oxygen atoms in total. The van der Waals surface area contributed by atoms with Crippen LogP contribution >= 0.6 is 0 Å². The second-order valence-corrected chi connectivity index (χ2v) is 6.75. The summed E-state index contributed by atoms with van der Waals surface area (Å²) in [5.74, 6) is 4.76. The number of para-hydroxylation sites is 1. The van der Waals surface area contributed by atoms with Crippen LogP contribution in [0.1, 0.15) is 44.0 Å². The van der Waals surface area contributed by atoms with Crippen molar-refractivity contribution in [1.82, 2.24) is 4.90 Å². The molecule has 0 amide bonds. The fraction of sp³-hybridized carbons (Fsp3) is 0.524. The van der Waals surface area contributed by atoms with E-state index in [4.69, 9.17) is 10.9 Å². The number of aliphatic hydroxyl groups is 1. The third-order valence-corrected chi connectivity index (χ3v) is 3.97. The number of aliphatic hydroxyl groups excluding tert-OH is 1. The zero-order chi connectivity index (χ0) is 23.5. The molecule has 3 N–H and O–H groups in total. The third-order valence-electron chi connectivity index (χ3n) is 3.97. The number of likely N-dealkylation sites (tertiary alicyclic amines) is 1. The molecule has 0 radical (unpaired) electrons. The van der Waals surface area contributed by atoms with Crippen LogP contribution < -0.4 is 11.0 Å². The molecule has 0 aromatic heterocycles. The largest absolute Gasteiger partial charge is 0.392 e. The molecular weight excluding hydrogens is 384 g/mol. The van der Waals surface area contributed by atoms with Crippen molar-refractivity contribution in [2.75, 3.05) is 32.9 Å². The van der Waals surface area contributed by atoms with E-state index in [0.29, 0.717) is 17.3 Å². The fourth-order valence-electron chi connectivity index (χ4n) is 2.22. The van der Waals surface area contributed by atoms with Crippen LogP contribution in [0.25, 0.3) is 0 Å². The molecule has 2 atom stereocenters. The van der Waals surface area contributed by atoms with Crippen molar-refractivity contribution in [3.63, 3.8) is 0 Å². The van der Waals surface area contributed by atoms with Crippen LogP contribution in [0.15, 0.2) is 39.6 Å². The van der Waals surface area contributed by atoms with E-state index in [2.05, 4.69) is 52.3 Å². The average Bonchev–Trinajstić information content (AvgIpc) is 2.74. The number of likely N-dealkylation sites (N-methyl/N-ethyl adjacent to an activating group) is 1. The van der Waals surface area contributed by atoms with Gasteiger partial charge in [-0.1, -0.05) is 12.1 Å². The van der Waals surface area contributed by atoms with Gasteiger partial charge in [0.2, 0.25) is 0 Å². The Labute approximate surface area is 180 Å². The van der Waals surface area contributed by atoms with Crippen molar-refractivity contribution in [2.45, 2.75) is 45.8 Å². The number of hydrogen-bond donors (Lipinski definition) is 2. The number of aldehydes is 1. The lowest BCUT2D eigenvalue weighted by molar-refractivity contribution is 0.0570. The topological polar surface area (TPSA) is 116 Å². The monoisotopic (exact) mass is 422 g/mol. The van der Waals surface area contributed by atoms with Gasteiger partial charge in [-0.15, -0.1) is 0 Å². The van der Waals surface area contributed by atoms with E-state index >= 15 is 0 Å². The summed E-state index contributed by atoms with van der Waals surface area (Å²) in [7, 11) is 5.31. The summed E-state index contributed by atoms with van der Waals surface area (Å²) in [6.07, 6.45) is 2.77. The van der Waals surface area contributed by atoms with Crippen molar-refractivity contribution < 1.29 is 14.6 Å². The SMILES string of the molecule is C=NN(N=C)c1ccccc1C=O.CC(C)=NN.COC.C[C@@H]1CC[C@H](O)CN1C. The first-order chi connectivity index (χ1) is 14.2. The maximum Gasteiger partial charge on any atom is 0.152 e. The molecule has 2 rings (SSSR count). The molecule has 30 heavy (non-hydrogen) atoms. The van der Waals surface area contributed by atoms with Crippen molar-refractivity contribution >= 4 is 31.1 Å². The van der Waals surface area contributed by atoms with Crippen molar-refractivity contribution in [3.8, 4) is 0 Å². The molecule has 1 aliphatic rings. The van der Waals surface area contributed by atoms with Crippen molar-refractivity contribution in [2.24, 2.45) is 21.1 Å². The Morgan fingerprint density at radius 2 is 1.77 bits per heavy atom. The van der Waals surface area contributed by atoms with E-state index in [1.165, 1.54) is 5.12 Å². The molecule has 0 bridgehead atoms. The van der Waals surface area contributed by atoms with E-state index < -0.39 is 0 Å². The number of carbonyl (C=O) groups is 1. The second-order valence-electron chi connectivity index (χ2n) is 6.75. The molecule has 0 spiro atoms. The summed E-state index contributed by atoms with van der Waals surface area (Å²) in [5.41, 5.74) is 1.98. The number of β-amino-alcohol motifs (C(OH)–C–C–N with tert-alkyl or cyclic N) is 1. The highest BCUT2D eigenvalue weighted by molar-refractivity contribution is 5.84. The van der Waals surface area contributed by atoms with Gasteiger partial charge in [0.05, 0.1) is 11.8 Å². The lowest BCUT2D eigenvalue weighted by atomic mass is 10.0. The zero-order valence-electron chi connectivity index (χ0n) is 19.2. The standard InChI is InChI=1S/C9H9N3O.C7H15NO.C3H8N2.C2H6O/c1-10-12(11-2)9-6-4-3-5-8(9)7-13;1-6-3-4-7(9)5-8(6)2;1-3(2)5-4;1-3-2/h3-7H,1-2H2;6-7,9H,3-5H2,1-2H3;4H2,1-2H3;1-2H3/t;6-,7+;;/m.1../s1. The number of hydrogen-bond acceptors (Lipinski definition) is 9. The van der Waals surface area contributed by atoms with Crippen molar-refractivity contribution in [3.05, 3.63) is 29.8 Å². The highest BCUT2D eigenvalue weighted by atomic mass is 16.4. The molecule has 0 unspecified atom stereocenters. The Hall–Kier alpha value is -2.62. The number of hydrazone groups is 3. The quantitative estimate of drug-likeness (QED) is 0.333. The summed E-state index contributed by atoms with van der Waals surface area (Å²) in [6.45, 7) is 13.4. The van der Waals surface area contributed by atoms with Crippen LogP contribution in [0.2, 0.25) is 0 Å². The van der Waals surface area contributed by atoms with Crippen LogP contribution in [0.5, 0.6) is 0 Å². The first-order valence-corrected chi connectivity index (χ1v) is 9.49. The zero-order valence-corrected chi connectivity index (χ0v) is 19.2. The van der Waals surface area contributed by atoms with Crippen molar-refractivity contribution in [1.29, 1.82) is 0 Å². The normalized spacial score (nSPS) is 17.3. The summed E-state index contributed by atoms with van der Waals surface area (Å²) in [4.78, 5) is 12.8. The van der Waals surface area contributed by atoms with Gasteiger partial charge in [-0.2, -0.15) is 20.4 Å². The summed E-state index contributed by atoms with van der Waals surface area (Å²) < 4.78 is 4.25. The van der Waals surface area contributed by atoms with Gasteiger partial charge in [0.1, 0.15) is 0 Å². The van der Waals surface area contributed by atoms with E-state index in [0.717, 1.165) is 31.4 Å². The smallest absolute Gasteiger partial charge is 0.152 e. The van der Waals surface area contributed by atoms with Gasteiger partial charge in [-0.25, -0.2) is 0 Å². The highest BCUT2D eigenvalue weighted by Gasteiger charge is 2.19. The van der Waals surface area contributed by atoms with Crippen LogP contribution in [0.4, 0.5) is 5.69 Å². The lowest BCUT2D eigenvalue weighted by Gasteiger charge is -2.32. The summed E-state index contributed by atoms with van der Waals surface area (Å²) >= 11 is 0. The molecule has 1 aromatic rings. The maximum atomic E-state index is 10.6. The number of anilines is 1. The van der Waals surface area contributed by atoms with Crippen LogP contribution in [0.3, 0.4) is 0 Å². The first kappa shape index (κ1) is 29.6. The van der Waals surface area contributed by atoms with Gasteiger partial charge in [-0.3, -0.25) is 4.79 Å². The Kier molecular flexibility index (Phi) is 18.2. The number of piperidine rings is 1. The Bertz CT molecular complexity index is 627. The number of nitrogens with two attached hydrogens (primary N) is 1. The molecule has 0 saturated carbocycles. The van der Waals surface area contributed by atoms with E-state index in [1.807, 2.05) is 13.8 Å². The number of methoxy groups -OCH3 is 1. The first-order valence-electron chi connectivity index (χ1n) is 9.49. The van der Waals surface area contributed by atoms with E-state index in [1.54, 1.807) is 38.5 Å². The fourth-order valence-corrected chi connectivity index (χ4v) is 2.22. The summed E-state index contributed by atoms with van der Waals surface area (Å²) in [6, 6.07) is 7.59. The van der Waals surface area contributed by atoms with Gasteiger partial charge in [0.15, 0.2) is 6.29 Å². The molecule has 170 valence electrons. The number of carbonyl (C=O) groups excluding carboxylic acids is 1. The van der Waals surface area contributed by atoms with E-state index in [9.17, 15) is 4.79 Å². The molecule has 9 heteroatoms. The Morgan fingerprint density at radius 3 is 2.13 bits per heavy atom. The van der Waals surface area contributed by atoms with Crippen LogP contribution in [-0.4, -0.2) is 75.4 Å². The van der Waals surface area contributed by atoms with Crippen LogP contribution in [-0.2, 0) is 4.74 Å². The third kappa shape index (κ3) is 13.5. The second kappa shape index (κ2) is 18.4. The molecule has 1 fully saturated rings. The maximum absolute atomic E-state index is 10.6. The predicted octanol–water partition coefficient (Wildman–Crippen LogP) is 2.60. The number of ether oxygens (including phenoxy) is 1. The minimum atomic E-state index is -0.0776. The predicted molar refractivity (Wildman–Crippen MR) is 127 cm³/mol. The van der Waals surface area contributed by atoms with Gasteiger partial charge < -0.3 is 20.6 Å². The molecular formula is C21H38N6O3. The lowest BCUT2D eigenvalue weighted by Crippen LogP contribution is -2.41. The van der Waals surface area contributed by atoms with Gasteiger partial charge in [0, 0.05) is 51.5 Å². The minimum absolute atomic E-state index is 0.0776. The number of rotatable bonds is 4. The number of nitrogens with zero attached hydrogens (tertiary/aromatic N) is 5. The van der Waals surface area contributed by atoms with Crippen LogP contribution in [0, 0.1) is 0 Å². The Balaban J connectivity index is 0. The van der Waals surface area contributed by atoms with Gasteiger partial charge in [0.25, 0.3) is 0 Å². The molecule has 1 heterocycles. The summed E-state index contributed by atoms with van der Waals surface area (Å²) in [5, 5.41) is 20.8. The van der Waals surface area contributed by atoms with E-state index in [-0.39, 0.29) is 6.10 Å². The molecule has 0 aliphatic carbocycles. The molecule has 1 saturated heterocycles. The highest BCUT2D eigenvalue weighted by Crippen LogP contribution is 2.18. The minimum Gasteiger partial charge on any atom is -0.392 e. The molecule has 1 aromatic carbocycles. The van der Waals surface area contributed by atoms with Gasteiger partial charge in [-0.05, 0) is 52.8 Å². The van der Waals surface area contributed by atoms with Gasteiger partial charge >= 0.3 is 0 Å². The average molecular weight is 423 g/mol. The Morgan fingerprint density at radius 1 is 1.27 bits per heavy atom. The number of benzene rings is 1. The molecule has 1 aliphatic heterocycles.